The van der Waals surface area contributed by atoms with E-state index in [0.717, 1.165) is 64.3 Å². The van der Waals surface area contributed by atoms with Crippen LogP contribution in [0.1, 0.15) is 56.9 Å². The van der Waals surface area contributed by atoms with E-state index in [0.29, 0.717) is 11.4 Å². The molecule has 0 atom stereocenters. The third kappa shape index (κ3) is 4.50. The number of carbonyl (C=O) groups is 2. The van der Waals surface area contributed by atoms with Crippen molar-refractivity contribution in [3.05, 3.63) is 104 Å². The summed E-state index contributed by atoms with van der Waals surface area (Å²) in [6, 6.07) is 19.3. The summed E-state index contributed by atoms with van der Waals surface area (Å²) in [5.74, 6) is -0.931. The van der Waals surface area contributed by atoms with Crippen LogP contribution in [0.2, 0.25) is 0 Å². The Labute approximate surface area is 255 Å². The molecule has 0 saturated carbocycles. The van der Waals surface area contributed by atoms with E-state index in [1.807, 2.05) is 82.3 Å². The highest BCUT2D eigenvalue weighted by Crippen LogP contribution is 2.39. The van der Waals surface area contributed by atoms with E-state index in [-0.39, 0.29) is 10.7 Å². The molecular weight excluding hydrogens is 561 g/mol. The normalized spacial score (nSPS) is 16.3. The van der Waals surface area contributed by atoms with E-state index < -0.39 is 11.8 Å². The van der Waals surface area contributed by atoms with Gasteiger partial charge in [-0.15, -0.1) is 11.3 Å². The summed E-state index contributed by atoms with van der Waals surface area (Å²) in [5, 5.41) is 11.1. The van der Waals surface area contributed by atoms with Crippen molar-refractivity contribution in [1.29, 1.82) is 5.26 Å². The molecule has 2 aliphatic rings. The predicted molar refractivity (Wildman–Crippen MR) is 172 cm³/mol. The highest BCUT2D eigenvalue weighted by molar-refractivity contribution is 7.81. The molecule has 6 nitrogen and oxygen atoms in total. The Morgan fingerprint density at radius 1 is 0.881 bits per heavy atom. The summed E-state index contributed by atoms with van der Waals surface area (Å²) in [4.78, 5) is 32.3. The second-order valence-electron chi connectivity index (χ2n) is 10.9. The quantitative estimate of drug-likeness (QED) is 0.142. The number of nitriles is 1. The standard InChI is InChI=1S/C34H30N4O2S2/c1-20-14-15-26(16-21(20)2)38-32(40)28(31(39)37(34(38)41)25-10-6-5-7-11-25)18-24-17-22(3)36(23(24)4)33-29(19-35)27-12-8-9-13-30(27)42-33/h5-7,10-11,14-18H,8-9,12-13H2,1-4H3/b28-18-. The number of hydrogen-bond donors (Lipinski definition) is 0. The van der Waals surface area contributed by atoms with E-state index >= 15 is 0 Å². The second kappa shape index (κ2) is 10.8. The number of thiocarbonyl (C=S) groups is 1. The number of benzene rings is 2. The van der Waals surface area contributed by atoms with Crippen molar-refractivity contribution in [2.75, 3.05) is 9.80 Å². The maximum absolute atomic E-state index is 14.1. The van der Waals surface area contributed by atoms with Gasteiger partial charge in [-0.1, -0.05) is 24.3 Å². The molecular formula is C34H30N4O2S2. The first-order valence-electron chi connectivity index (χ1n) is 14.0. The Morgan fingerprint density at radius 3 is 2.26 bits per heavy atom. The van der Waals surface area contributed by atoms with Crippen LogP contribution in [0, 0.1) is 39.0 Å². The molecule has 6 rings (SSSR count). The monoisotopic (exact) mass is 590 g/mol. The Bertz CT molecular complexity index is 1860. The Morgan fingerprint density at radius 2 is 1.57 bits per heavy atom. The van der Waals surface area contributed by atoms with Gasteiger partial charge in [-0.2, -0.15) is 5.26 Å². The topological polar surface area (TPSA) is 69.3 Å². The number of aromatic nitrogens is 1. The number of para-hydroxylation sites is 1. The van der Waals surface area contributed by atoms with Crippen LogP contribution in [-0.4, -0.2) is 21.5 Å². The highest BCUT2D eigenvalue weighted by atomic mass is 32.1. The fourth-order valence-electron chi connectivity index (χ4n) is 5.85. The summed E-state index contributed by atoms with van der Waals surface area (Å²) in [5.41, 5.74) is 7.81. The van der Waals surface area contributed by atoms with Crippen molar-refractivity contribution in [3.8, 4) is 11.1 Å². The van der Waals surface area contributed by atoms with Gasteiger partial charge in [0, 0.05) is 16.3 Å². The molecule has 2 aromatic heterocycles. The second-order valence-corrected chi connectivity index (χ2v) is 12.3. The van der Waals surface area contributed by atoms with Gasteiger partial charge in [0.05, 0.1) is 16.9 Å². The molecule has 1 aliphatic heterocycles. The first kappa shape index (κ1) is 27.8. The van der Waals surface area contributed by atoms with Crippen LogP contribution in [0.15, 0.2) is 60.2 Å². The smallest absolute Gasteiger partial charge is 0.270 e. The van der Waals surface area contributed by atoms with Crippen molar-refractivity contribution >= 4 is 57.9 Å². The molecule has 210 valence electrons. The van der Waals surface area contributed by atoms with Gasteiger partial charge in [0.15, 0.2) is 5.11 Å². The Kier molecular flexibility index (Phi) is 7.17. The molecule has 4 aromatic rings. The summed E-state index contributed by atoms with van der Waals surface area (Å²) in [6.07, 6.45) is 5.84. The summed E-state index contributed by atoms with van der Waals surface area (Å²) < 4.78 is 2.09. The van der Waals surface area contributed by atoms with E-state index in [9.17, 15) is 14.9 Å². The van der Waals surface area contributed by atoms with E-state index in [4.69, 9.17) is 12.2 Å². The molecule has 0 bridgehead atoms. The maximum atomic E-state index is 14.1. The van der Waals surface area contributed by atoms with Gasteiger partial charge in [-0.25, -0.2) is 0 Å². The van der Waals surface area contributed by atoms with Crippen LogP contribution in [-0.2, 0) is 22.4 Å². The molecule has 3 heterocycles. The lowest BCUT2D eigenvalue weighted by atomic mass is 9.96. The van der Waals surface area contributed by atoms with Crippen molar-refractivity contribution < 1.29 is 9.59 Å². The summed E-state index contributed by atoms with van der Waals surface area (Å²) in [6.45, 7) is 7.96. The predicted octanol–water partition coefficient (Wildman–Crippen LogP) is 7.27. The van der Waals surface area contributed by atoms with Crippen LogP contribution in [0.5, 0.6) is 0 Å². The van der Waals surface area contributed by atoms with Crippen LogP contribution in [0.4, 0.5) is 11.4 Å². The summed E-state index contributed by atoms with van der Waals surface area (Å²) >= 11 is 7.47. The van der Waals surface area contributed by atoms with E-state index in [2.05, 4.69) is 10.6 Å². The molecule has 0 unspecified atom stereocenters. The minimum absolute atomic E-state index is 0.0249. The molecule has 1 fully saturated rings. The lowest BCUT2D eigenvalue weighted by Gasteiger charge is -2.36. The van der Waals surface area contributed by atoms with Crippen molar-refractivity contribution in [2.45, 2.75) is 53.4 Å². The largest absolute Gasteiger partial charge is 0.308 e. The first-order chi connectivity index (χ1) is 20.2. The molecule has 2 amide bonds. The Hall–Kier alpha value is -4.32. The van der Waals surface area contributed by atoms with Gasteiger partial charge in [-0.3, -0.25) is 19.4 Å². The summed E-state index contributed by atoms with van der Waals surface area (Å²) in [7, 11) is 0. The number of anilines is 2. The number of nitrogens with zero attached hydrogens (tertiary/aromatic N) is 4. The van der Waals surface area contributed by atoms with Crippen LogP contribution >= 0.6 is 23.6 Å². The average Bonchev–Trinajstić information content (AvgIpc) is 3.48. The van der Waals surface area contributed by atoms with Crippen molar-refractivity contribution in [2.24, 2.45) is 0 Å². The van der Waals surface area contributed by atoms with E-state index in [1.165, 1.54) is 20.2 Å². The zero-order chi connectivity index (χ0) is 29.7. The molecule has 0 N–H and O–H groups in total. The van der Waals surface area contributed by atoms with Gasteiger partial charge in [0.2, 0.25) is 0 Å². The number of hydrogen-bond acceptors (Lipinski definition) is 5. The zero-order valence-electron chi connectivity index (χ0n) is 24.0. The van der Waals surface area contributed by atoms with Gasteiger partial charge < -0.3 is 4.57 Å². The fraction of sp³-hybridized carbons (Fsp3) is 0.235. The maximum Gasteiger partial charge on any atom is 0.270 e. The molecule has 1 aliphatic carbocycles. The molecule has 2 aromatic carbocycles. The number of fused-ring (bicyclic) bond motifs is 1. The van der Waals surface area contributed by atoms with Gasteiger partial charge in [0.25, 0.3) is 11.8 Å². The van der Waals surface area contributed by atoms with Crippen LogP contribution < -0.4 is 9.80 Å². The molecule has 0 radical (unpaired) electrons. The SMILES string of the molecule is Cc1ccc(N2C(=O)/C(=C\c3cc(C)n(-c4sc5c(c4C#N)CCCC5)c3C)C(=O)N(c3ccccc3)C2=S)cc1C. The lowest BCUT2D eigenvalue weighted by Crippen LogP contribution is -2.57. The first-order valence-corrected chi connectivity index (χ1v) is 15.2. The number of carbonyl (C=O) groups excluding carboxylic acids is 2. The number of rotatable bonds is 4. The van der Waals surface area contributed by atoms with Gasteiger partial charge >= 0.3 is 0 Å². The number of aryl methyl sites for hydroxylation is 4. The van der Waals surface area contributed by atoms with Crippen molar-refractivity contribution in [3.63, 3.8) is 0 Å². The van der Waals surface area contributed by atoms with Gasteiger partial charge in [0.1, 0.15) is 16.6 Å². The molecule has 1 saturated heterocycles. The molecule has 8 heteroatoms. The zero-order valence-corrected chi connectivity index (χ0v) is 25.7. The van der Waals surface area contributed by atoms with Gasteiger partial charge in [-0.05, 0) is 124 Å². The number of amides is 2. The van der Waals surface area contributed by atoms with Crippen LogP contribution in [0.25, 0.3) is 11.1 Å². The third-order valence-electron chi connectivity index (χ3n) is 8.25. The average molecular weight is 591 g/mol. The molecule has 42 heavy (non-hydrogen) atoms. The minimum Gasteiger partial charge on any atom is -0.308 e. The lowest BCUT2D eigenvalue weighted by molar-refractivity contribution is -0.120. The highest BCUT2D eigenvalue weighted by Gasteiger charge is 2.41. The minimum atomic E-state index is -0.467. The van der Waals surface area contributed by atoms with E-state index in [1.54, 1.807) is 17.4 Å². The number of thiophene rings is 1. The Balaban J connectivity index is 1.50. The van der Waals surface area contributed by atoms with Crippen LogP contribution in [0.3, 0.4) is 0 Å². The van der Waals surface area contributed by atoms with Crippen molar-refractivity contribution in [1.82, 2.24) is 4.57 Å². The molecule has 0 spiro atoms. The third-order valence-corrected chi connectivity index (χ3v) is 9.89. The fourth-order valence-corrected chi connectivity index (χ4v) is 7.68.